The van der Waals surface area contributed by atoms with E-state index in [4.69, 9.17) is 0 Å². The highest BCUT2D eigenvalue weighted by Gasteiger charge is 2.23. The third-order valence-corrected chi connectivity index (χ3v) is 3.23. The number of rotatable bonds is 1. The second-order valence-corrected chi connectivity index (χ2v) is 4.49. The van der Waals surface area contributed by atoms with Crippen LogP contribution in [-0.4, -0.2) is 10.9 Å². The van der Waals surface area contributed by atoms with Crippen LogP contribution in [0, 0.1) is 10.4 Å². The number of ketones is 1. The topological polar surface area (TPSA) is 91.2 Å². The van der Waals surface area contributed by atoms with Gasteiger partial charge in [0.25, 0.3) is 22.1 Å². The van der Waals surface area contributed by atoms with Gasteiger partial charge in [0.1, 0.15) is 5.75 Å². The maximum atomic E-state index is 12.3. The molecule has 1 N–H and O–H groups in total. The van der Waals surface area contributed by atoms with E-state index in [-0.39, 0.29) is 39.2 Å². The number of nitrogens with zero attached hydrogens (tertiary/aromatic N) is 2. The van der Waals surface area contributed by atoms with E-state index in [1.807, 2.05) is 0 Å². The Balaban J connectivity index is 2.56. The van der Waals surface area contributed by atoms with Gasteiger partial charge in [-0.15, -0.1) is 0 Å². The van der Waals surface area contributed by atoms with Gasteiger partial charge in [0.15, 0.2) is 5.78 Å². The Labute approximate surface area is 113 Å². The normalized spacial score (nSPS) is 11.1. The number of fused-ring (bicyclic) bond motifs is 2. The molecule has 0 saturated heterocycles. The minimum Gasteiger partial charge on any atom is -0.617 e. The van der Waals surface area contributed by atoms with Gasteiger partial charge in [0.05, 0.1) is 11.6 Å². The van der Waals surface area contributed by atoms with Gasteiger partial charge in [-0.3, -0.25) is 4.79 Å². The monoisotopic (exact) mass is 270 g/mol. The van der Waals surface area contributed by atoms with Crippen LogP contribution in [0.5, 0.6) is 5.75 Å². The second-order valence-electron chi connectivity index (χ2n) is 4.49. The van der Waals surface area contributed by atoms with Gasteiger partial charge >= 0.3 is 0 Å². The summed E-state index contributed by atoms with van der Waals surface area (Å²) >= 11 is 0. The van der Waals surface area contributed by atoms with Crippen molar-refractivity contribution in [3.63, 3.8) is 0 Å². The zero-order valence-corrected chi connectivity index (χ0v) is 10.5. The molecule has 3 rings (SSSR count). The highest BCUT2D eigenvalue weighted by atomic mass is 16.5. The van der Waals surface area contributed by atoms with Gasteiger partial charge in [-0.1, -0.05) is 12.1 Å². The fourth-order valence-electron chi connectivity index (χ4n) is 2.24. The van der Waals surface area contributed by atoms with Crippen molar-refractivity contribution in [2.45, 2.75) is 6.92 Å². The summed E-state index contributed by atoms with van der Waals surface area (Å²) in [7, 11) is 0. The van der Waals surface area contributed by atoms with Crippen LogP contribution < -0.4 is 9.46 Å². The number of benzene rings is 2. The number of hydrogen-bond donors (Lipinski definition) is 1. The van der Waals surface area contributed by atoms with E-state index in [1.165, 1.54) is 25.1 Å². The van der Waals surface area contributed by atoms with E-state index in [2.05, 4.69) is 0 Å². The van der Waals surface area contributed by atoms with Crippen LogP contribution in [-0.2, 0) is 0 Å². The second kappa shape index (κ2) is 4.06. The SMILES string of the molecule is CC(=O)c1cc2c(cc1O)[n+]([O-])c1ccccc1[n+]2[O-]. The first-order valence-corrected chi connectivity index (χ1v) is 5.92. The van der Waals surface area contributed by atoms with E-state index < -0.39 is 0 Å². The van der Waals surface area contributed by atoms with Gasteiger partial charge in [-0.25, -0.2) is 0 Å². The lowest BCUT2D eigenvalue weighted by atomic mass is 10.1. The quantitative estimate of drug-likeness (QED) is 0.311. The summed E-state index contributed by atoms with van der Waals surface area (Å²) in [6.07, 6.45) is 0. The van der Waals surface area contributed by atoms with Crippen LogP contribution in [0.25, 0.3) is 22.1 Å². The zero-order chi connectivity index (χ0) is 14.4. The van der Waals surface area contributed by atoms with E-state index >= 15 is 0 Å². The molecular weight excluding hydrogens is 260 g/mol. The van der Waals surface area contributed by atoms with Gasteiger partial charge in [0, 0.05) is 18.2 Å². The number of phenolic OH excluding ortho intramolecular Hbond substituents is 1. The van der Waals surface area contributed by atoms with Crippen LogP contribution in [0.4, 0.5) is 0 Å². The van der Waals surface area contributed by atoms with Crippen molar-refractivity contribution in [3.8, 4) is 5.75 Å². The highest BCUT2D eigenvalue weighted by Crippen LogP contribution is 2.23. The van der Waals surface area contributed by atoms with Crippen LogP contribution in [0.15, 0.2) is 36.4 Å². The van der Waals surface area contributed by atoms with E-state index in [1.54, 1.807) is 12.1 Å². The Morgan fingerprint density at radius 1 is 1.00 bits per heavy atom. The predicted octanol–water partition coefficient (Wildman–Crippen LogP) is 1.17. The summed E-state index contributed by atoms with van der Waals surface area (Å²) < 4.78 is 1.16. The minimum atomic E-state index is -0.380. The number of Topliss-reactive ketones (excluding diaryl/α,β-unsaturated/α-hetero) is 1. The number of aromatic nitrogens is 2. The lowest BCUT2D eigenvalue weighted by Gasteiger charge is -2.08. The molecule has 0 aliphatic carbocycles. The summed E-state index contributed by atoms with van der Waals surface area (Å²) in [5.41, 5.74) is 0.473. The van der Waals surface area contributed by atoms with Crippen molar-refractivity contribution in [2.24, 2.45) is 0 Å². The summed E-state index contributed by atoms with van der Waals surface area (Å²) in [6.45, 7) is 1.28. The average Bonchev–Trinajstić information content (AvgIpc) is 2.44. The van der Waals surface area contributed by atoms with Crippen molar-refractivity contribution < 1.29 is 19.4 Å². The van der Waals surface area contributed by atoms with Gasteiger partial charge in [-0.2, -0.15) is 9.46 Å². The summed E-state index contributed by atoms with van der Waals surface area (Å²) in [4.78, 5) is 11.4. The molecule has 0 radical (unpaired) electrons. The number of hydrogen-bond acceptors (Lipinski definition) is 4. The maximum absolute atomic E-state index is 12.3. The molecule has 1 aromatic heterocycles. The van der Waals surface area contributed by atoms with E-state index in [9.17, 15) is 20.3 Å². The van der Waals surface area contributed by atoms with Gasteiger partial charge in [-0.05, 0) is 6.92 Å². The lowest BCUT2D eigenvalue weighted by molar-refractivity contribution is -0.591. The van der Waals surface area contributed by atoms with Crippen molar-refractivity contribution in [3.05, 3.63) is 52.4 Å². The first-order valence-electron chi connectivity index (χ1n) is 5.92. The summed E-state index contributed by atoms with van der Waals surface area (Å²) in [5.74, 6) is -0.695. The number of phenols is 1. The molecule has 20 heavy (non-hydrogen) atoms. The largest absolute Gasteiger partial charge is 0.617 e. The molecule has 3 aromatic rings. The Morgan fingerprint density at radius 3 is 2.00 bits per heavy atom. The molecule has 0 bridgehead atoms. The number of carbonyl (C=O) groups is 1. The van der Waals surface area contributed by atoms with Crippen LogP contribution in [0.2, 0.25) is 0 Å². The van der Waals surface area contributed by atoms with E-state index in [0.717, 1.165) is 6.07 Å². The molecule has 6 heteroatoms. The third-order valence-electron chi connectivity index (χ3n) is 3.23. The zero-order valence-electron chi connectivity index (χ0n) is 10.5. The molecule has 0 unspecified atom stereocenters. The Bertz CT molecular complexity index is 874. The van der Waals surface area contributed by atoms with Crippen LogP contribution >= 0.6 is 0 Å². The van der Waals surface area contributed by atoms with Crippen molar-refractivity contribution in [1.82, 2.24) is 0 Å². The minimum absolute atomic E-state index is 0.0115. The average molecular weight is 270 g/mol. The van der Waals surface area contributed by atoms with Gasteiger partial charge < -0.3 is 15.5 Å². The van der Waals surface area contributed by atoms with Crippen molar-refractivity contribution >= 4 is 27.9 Å². The van der Waals surface area contributed by atoms with Crippen molar-refractivity contribution in [1.29, 1.82) is 0 Å². The molecule has 0 atom stereocenters. The predicted molar refractivity (Wildman–Crippen MR) is 71.0 cm³/mol. The number of aromatic hydroxyl groups is 1. The fraction of sp³-hybridized carbons (Fsp3) is 0.0714. The maximum Gasteiger partial charge on any atom is 0.294 e. The summed E-state index contributed by atoms with van der Waals surface area (Å²) in [6, 6.07) is 8.71. The number of para-hydroxylation sites is 2. The Morgan fingerprint density at radius 2 is 1.50 bits per heavy atom. The first kappa shape index (κ1) is 12.2. The molecule has 0 aliphatic rings. The van der Waals surface area contributed by atoms with Crippen LogP contribution in [0.3, 0.4) is 0 Å². The van der Waals surface area contributed by atoms with Gasteiger partial charge in [0.2, 0.25) is 0 Å². The summed E-state index contributed by atoms with van der Waals surface area (Å²) in [5, 5.41) is 34.3. The number of carbonyl (C=O) groups excluding carboxylic acids is 1. The highest BCUT2D eigenvalue weighted by molar-refractivity contribution is 5.99. The molecule has 0 aliphatic heterocycles. The molecular formula is C14H10N2O4. The smallest absolute Gasteiger partial charge is 0.294 e. The van der Waals surface area contributed by atoms with Crippen molar-refractivity contribution in [2.75, 3.05) is 0 Å². The Kier molecular flexibility index (Phi) is 2.47. The molecule has 6 nitrogen and oxygen atoms in total. The Hall–Kier alpha value is -2.89. The molecule has 0 fully saturated rings. The molecule has 100 valence electrons. The third kappa shape index (κ3) is 1.55. The molecule has 1 heterocycles. The molecule has 0 spiro atoms. The fourth-order valence-corrected chi connectivity index (χ4v) is 2.24. The van der Waals surface area contributed by atoms with E-state index in [0.29, 0.717) is 9.46 Å². The molecule has 2 aromatic carbocycles. The standard InChI is InChI=1S/C14H10N2O4/c1-8(17)9-6-12-13(7-14(9)18)16(20)11-5-3-2-4-10(11)15(12)19/h2-7,18H,1H3. The molecule has 0 saturated carbocycles. The first-order chi connectivity index (χ1) is 9.50. The lowest BCUT2D eigenvalue weighted by Crippen LogP contribution is -2.39. The molecule has 0 amide bonds. The van der Waals surface area contributed by atoms with Crippen LogP contribution in [0.1, 0.15) is 17.3 Å².